The molecule has 1 N–H and O–H groups in total. The summed E-state index contributed by atoms with van der Waals surface area (Å²) in [5, 5.41) is 15.8. The first kappa shape index (κ1) is 14.9. The molecule has 1 amide bonds. The van der Waals surface area contributed by atoms with Crippen LogP contribution in [0.4, 0.5) is 4.79 Å². The number of fused-ring (bicyclic) bond motifs is 1. The second kappa shape index (κ2) is 4.78. The molecule has 0 atom stereocenters. The molecule has 0 aliphatic rings. The molecule has 0 bridgehead atoms. The molecule has 0 fully saturated rings. The second-order valence-corrected chi connectivity index (χ2v) is 6.17. The molecule has 0 radical (unpaired) electrons. The van der Waals surface area contributed by atoms with Gasteiger partial charge in [0.2, 0.25) is 10.7 Å². The number of hydrogen-bond donors (Lipinski definition) is 1. The van der Waals surface area contributed by atoms with Crippen molar-refractivity contribution in [1.29, 1.82) is 0 Å². The molecule has 0 unspecified atom stereocenters. The van der Waals surface area contributed by atoms with E-state index in [1.807, 2.05) is 0 Å². The van der Waals surface area contributed by atoms with E-state index in [4.69, 9.17) is 5.11 Å². The number of carboxylic acid groups (broad SMARTS) is 1. The van der Waals surface area contributed by atoms with Gasteiger partial charge in [0.15, 0.2) is 0 Å². The van der Waals surface area contributed by atoms with Crippen molar-refractivity contribution >= 4 is 21.8 Å². The van der Waals surface area contributed by atoms with Crippen LogP contribution in [-0.2, 0) is 10.0 Å². The van der Waals surface area contributed by atoms with Gasteiger partial charge >= 0.3 is 11.8 Å². The van der Waals surface area contributed by atoms with Crippen LogP contribution in [0.2, 0.25) is 0 Å². The molecule has 2 rings (SSSR count). The van der Waals surface area contributed by atoms with Crippen LogP contribution in [0.15, 0.2) is 16.1 Å². The van der Waals surface area contributed by atoms with E-state index < -0.39 is 26.8 Å². The third-order valence-electron chi connectivity index (χ3n) is 2.60. The quantitative estimate of drug-likeness (QED) is 0.670. The Hall–Kier alpha value is -2.54. The number of carbonyl (C=O) groups is 1. The molecule has 0 aromatic carbocycles. The Bertz CT molecular complexity index is 867. The fraction of sp³-hybridized carbons (Fsp3) is 0.375. The van der Waals surface area contributed by atoms with E-state index in [0.717, 1.165) is 22.1 Å². The van der Waals surface area contributed by atoms with E-state index in [1.165, 1.54) is 14.1 Å². The summed E-state index contributed by atoms with van der Waals surface area (Å²) in [5.74, 6) is 0. The smallest absolute Gasteiger partial charge is 0.427 e. The maximum atomic E-state index is 12.1. The van der Waals surface area contributed by atoms with Crippen molar-refractivity contribution in [2.45, 2.75) is 5.03 Å². The average Bonchev–Trinajstić information content (AvgIpc) is 2.83. The Kier molecular flexibility index (Phi) is 3.38. The Morgan fingerprint density at radius 2 is 1.95 bits per heavy atom. The van der Waals surface area contributed by atoms with Crippen LogP contribution < -0.4 is 10.7 Å². The topological polar surface area (TPSA) is 143 Å². The lowest BCUT2D eigenvalue weighted by Crippen LogP contribution is -2.46. The zero-order chi connectivity index (χ0) is 15.9. The summed E-state index contributed by atoms with van der Waals surface area (Å²) in [4.78, 5) is 27.0. The monoisotopic (exact) mass is 317 g/mol. The van der Waals surface area contributed by atoms with Crippen molar-refractivity contribution in [2.75, 3.05) is 26.2 Å². The molecular weight excluding hydrogens is 306 g/mol. The van der Waals surface area contributed by atoms with Gasteiger partial charge in [-0.1, -0.05) is 4.79 Å². The van der Waals surface area contributed by atoms with Crippen LogP contribution in [0, 0.1) is 0 Å². The SMILES string of the molecule is CN(C(=O)O)n1nnc2c(S(=O)(=O)N(C)C)ncn2c1=O. The van der Waals surface area contributed by atoms with Crippen LogP contribution in [0.1, 0.15) is 0 Å². The highest BCUT2D eigenvalue weighted by Gasteiger charge is 2.26. The van der Waals surface area contributed by atoms with Gasteiger partial charge in [0.05, 0.1) is 0 Å². The van der Waals surface area contributed by atoms with Crippen molar-refractivity contribution in [3.63, 3.8) is 0 Å². The molecule has 0 saturated carbocycles. The van der Waals surface area contributed by atoms with Gasteiger partial charge < -0.3 is 5.11 Å². The van der Waals surface area contributed by atoms with E-state index in [0.29, 0.717) is 9.80 Å². The molecule has 21 heavy (non-hydrogen) atoms. The summed E-state index contributed by atoms with van der Waals surface area (Å²) in [6.07, 6.45) is -0.499. The van der Waals surface area contributed by atoms with E-state index in [-0.39, 0.29) is 5.65 Å². The van der Waals surface area contributed by atoms with E-state index in [9.17, 15) is 18.0 Å². The van der Waals surface area contributed by atoms with Gasteiger partial charge in [-0.05, 0) is 5.21 Å². The van der Waals surface area contributed by atoms with Crippen LogP contribution in [0.3, 0.4) is 0 Å². The first-order valence-electron chi connectivity index (χ1n) is 5.40. The molecule has 2 heterocycles. The minimum atomic E-state index is -3.91. The number of amides is 1. The van der Waals surface area contributed by atoms with Crippen LogP contribution >= 0.6 is 0 Å². The minimum Gasteiger partial charge on any atom is -0.464 e. The van der Waals surface area contributed by atoms with Crippen LogP contribution in [0.5, 0.6) is 0 Å². The third kappa shape index (κ3) is 2.21. The molecule has 0 spiro atoms. The molecule has 0 aliphatic heterocycles. The van der Waals surface area contributed by atoms with Gasteiger partial charge in [-0.2, -0.15) is 5.01 Å². The number of sulfonamides is 1. The van der Waals surface area contributed by atoms with Crippen molar-refractivity contribution < 1.29 is 18.3 Å². The largest absolute Gasteiger partial charge is 0.464 e. The van der Waals surface area contributed by atoms with Crippen molar-refractivity contribution in [1.82, 2.24) is 28.8 Å². The van der Waals surface area contributed by atoms with E-state index in [1.54, 1.807) is 0 Å². The van der Waals surface area contributed by atoms with Gasteiger partial charge in [0.25, 0.3) is 10.0 Å². The van der Waals surface area contributed by atoms with Gasteiger partial charge in [-0.25, -0.2) is 31.7 Å². The highest BCUT2D eigenvalue weighted by molar-refractivity contribution is 7.89. The van der Waals surface area contributed by atoms with Gasteiger partial charge in [-0.3, -0.25) is 0 Å². The number of aromatic nitrogens is 5. The predicted molar refractivity (Wildman–Crippen MR) is 68.1 cm³/mol. The first-order chi connectivity index (χ1) is 9.67. The number of hydrogen-bond acceptors (Lipinski definition) is 7. The summed E-state index contributed by atoms with van der Waals surface area (Å²) in [6.45, 7) is 0. The summed E-state index contributed by atoms with van der Waals surface area (Å²) < 4.78 is 25.7. The van der Waals surface area contributed by atoms with Crippen molar-refractivity contribution in [3.05, 3.63) is 16.8 Å². The zero-order valence-corrected chi connectivity index (χ0v) is 12.0. The first-order valence-corrected chi connectivity index (χ1v) is 6.84. The number of rotatable bonds is 3. The predicted octanol–water partition coefficient (Wildman–Crippen LogP) is -2.22. The molecule has 0 saturated heterocycles. The van der Waals surface area contributed by atoms with Gasteiger partial charge in [0, 0.05) is 21.1 Å². The molecule has 12 nitrogen and oxygen atoms in total. The summed E-state index contributed by atoms with van der Waals surface area (Å²) in [7, 11) is -0.226. The third-order valence-corrected chi connectivity index (χ3v) is 4.34. The highest BCUT2D eigenvalue weighted by Crippen LogP contribution is 2.13. The molecule has 114 valence electrons. The Labute approximate surface area is 117 Å². The Morgan fingerprint density at radius 3 is 2.48 bits per heavy atom. The van der Waals surface area contributed by atoms with E-state index in [2.05, 4.69) is 15.3 Å². The zero-order valence-electron chi connectivity index (χ0n) is 11.2. The standard InChI is InChI=1S/C8H11N7O5S/c1-12(2)21(19,20)6-5-10-11-15(13(3)8(17)18)7(16)14(5)4-9-6/h4H,1-3H3,(H,17,18). The Balaban J connectivity index is 2.73. The van der Waals surface area contributed by atoms with Crippen LogP contribution in [-0.4, -0.2) is 69.6 Å². The maximum absolute atomic E-state index is 12.1. The van der Waals surface area contributed by atoms with Gasteiger partial charge in [-0.15, -0.1) is 5.10 Å². The lowest BCUT2D eigenvalue weighted by molar-refractivity contribution is 0.194. The molecule has 2 aromatic rings. The molecule has 13 heteroatoms. The summed E-state index contributed by atoms with van der Waals surface area (Å²) in [6, 6.07) is 0. The van der Waals surface area contributed by atoms with Crippen molar-refractivity contribution in [3.8, 4) is 0 Å². The Morgan fingerprint density at radius 1 is 1.33 bits per heavy atom. The van der Waals surface area contributed by atoms with E-state index >= 15 is 0 Å². The normalized spacial score (nSPS) is 12.0. The fourth-order valence-corrected chi connectivity index (χ4v) is 2.30. The maximum Gasteiger partial charge on any atom is 0.427 e. The highest BCUT2D eigenvalue weighted by atomic mass is 32.2. The van der Waals surface area contributed by atoms with Crippen molar-refractivity contribution in [2.24, 2.45) is 0 Å². The summed E-state index contributed by atoms with van der Waals surface area (Å²) >= 11 is 0. The fourth-order valence-electron chi connectivity index (χ4n) is 1.40. The number of nitrogens with zero attached hydrogens (tertiary/aromatic N) is 7. The molecule has 2 aromatic heterocycles. The molecular formula is C8H11N7O5S. The lowest BCUT2D eigenvalue weighted by atomic mass is 10.8. The minimum absolute atomic E-state index is 0.288. The number of imidazole rings is 1. The second-order valence-electron chi connectivity index (χ2n) is 4.10. The van der Waals surface area contributed by atoms with Crippen LogP contribution in [0.25, 0.3) is 5.65 Å². The lowest BCUT2D eigenvalue weighted by Gasteiger charge is -2.12. The van der Waals surface area contributed by atoms with Gasteiger partial charge in [0.1, 0.15) is 6.33 Å². The summed E-state index contributed by atoms with van der Waals surface area (Å²) in [5.41, 5.74) is -1.21. The molecule has 0 aliphatic carbocycles. The average molecular weight is 317 g/mol.